The third kappa shape index (κ3) is 4.27. The largest absolute Gasteiger partial charge is 0.493 e. The van der Waals surface area contributed by atoms with Gasteiger partial charge < -0.3 is 19.7 Å². The second-order valence-electron chi connectivity index (χ2n) is 8.17. The molecule has 0 saturated heterocycles. The SMILES string of the molecule is CCOc1cc(OCC)c(C(=O)Nc2cccc3c2C(C)(C)CN(C)C3)cc1C#N. The van der Waals surface area contributed by atoms with Crippen molar-refractivity contribution in [2.45, 2.75) is 39.7 Å². The second-order valence-corrected chi connectivity index (χ2v) is 8.17. The van der Waals surface area contributed by atoms with E-state index in [1.165, 1.54) is 5.56 Å². The molecule has 0 saturated carbocycles. The van der Waals surface area contributed by atoms with Crippen LogP contribution >= 0.6 is 0 Å². The summed E-state index contributed by atoms with van der Waals surface area (Å²) in [6, 6.07) is 11.3. The first-order chi connectivity index (χ1) is 14.3. The highest BCUT2D eigenvalue weighted by atomic mass is 16.5. The van der Waals surface area contributed by atoms with E-state index in [-0.39, 0.29) is 11.3 Å². The van der Waals surface area contributed by atoms with Crippen LogP contribution in [-0.2, 0) is 12.0 Å². The fourth-order valence-electron chi connectivity index (χ4n) is 4.30. The molecule has 0 fully saturated rings. The molecule has 6 heteroatoms. The Morgan fingerprint density at radius 2 is 1.90 bits per heavy atom. The fourth-order valence-corrected chi connectivity index (χ4v) is 4.30. The monoisotopic (exact) mass is 407 g/mol. The number of nitrogens with zero attached hydrogens (tertiary/aromatic N) is 2. The zero-order valence-electron chi connectivity index (χ0n) is 18.3. The van der Waals surface area contributed by atoms with Gasteiger partial charge in [0.2, 0.25) is 0 Å². The average Bonchev–Trinajstić information content (AvgIpc) is 2.67. The van der Waals surface area contributed by atoms with Gasteiger partial charge in [-0.15, -0.1) is 0 Å². The maximum absolute atomic E-state index is 13.3. The molecule has 1 aliphatic heterocycles. The number of anilines is 1. The van der Waals surface area contributed by atoms with Crippen LogP contribution in [0.25, 0.3) is 0 Å². The fraction of sp³-hybridized carbons (Fsp3) is 0.417. The van der Waals surface area contributed by atoms with Crippen molar-refractivity contribution < 1.29 is 14.3 Å². The summed E-state index contributed by atoms with van der Waals surface area (Å²) < 4.78 is 11.2. The van der Waals surface area contributed by atoms with Gasteiger partial charge in [0.05, 0.1) is 24.3 Å². The van der Waals surface area contributed by atoms with E-state index in [9.17, 15) is 10.1 Å². The van der Waals surface area contributed by atoms with E-state index in [4.69, 9.17) is 9.47 Å². The van der Waals surface area contributed by atoms with E-state index < -0.39 is 0 Å². The van der Waals surface area contributed by atoms with Crippen LogP contribution in [0.1, 0.15) is 54.7 Å². The van der Waals surface area contributed by atoms with Crippen LogP contribution in [0.15, 0.2) is 30.3 Å². The van der Waals surface area contributed by atoms with Crippen LogP contribution in [0.5, 0.6) is 11.5 Å². The quantitative estimate of drug-likeness (QED) is 0.771. The van der Waals surface area contributed by atoms with E-state index in [0.717, 1.165) is 24.3 Å². The van der Waals surface area contributed by atoms with Crippen LogP contribution in [0.3, 0.4) is 0 Å². The first-order valence-electron chi connectivity index (χ1n) is 10.3. The van der Waals surface area contributed by atoms with Gasteiger partial charge in [-0.25, -0.2) is 0 Å². The standard InChI is InChI=1S/C24H29N3O3/c1-6-29-20-12-21(30-7-2)18(11-17(20)13-25)23(28)26-19-10-8-9-16-14-27(5)15-24(3,4)22(16)19/h8-12H,6-7,14-15H2,1-5H3,(H,26,28). The van der Waals surface area contributed by atoms with Crippen molar-refractivity contribution in [3.05, 3.63) is 52.6 Å². The molecular formula is C24H29N3O3. The Hall–Kier alpha value is -3.04. The topological polar surface area (TPSA) is 74.6 Å². The van der Waals surface area contributed by atoms with Gasteiger partial charge in [0.15, 0.2) is 0 Å². The molecule has 158 valence electrons. The molecule has 0 aliphatic carbocycles. The summed E-state index contributed by atoms with van der Waals surface area (Å²) in [7, 11) is 2.10. The number of rotatable bonds is 6. The number of fused-ring (bicyclic) bond motifs is 1. The smallest absolute Gasteiger partial charge is 0.259 e. The van der Waals surface area contributed by atoms with E-state index >= 15 is 0 Å². The van der Waals surface area contributed by atoms with E-state index in [0.29, 0.717) is 35.8 Å². The van der Waals surface area contributed by atoms with Gasteiger partial charge in [-0.2, -0.15) is 5.26 Å². The highest BCUT2D eigenvalue weighted by Gasteiger charge is 2.33. The molecule has 0 radical (unpaired) electrons. The Bertz CT molecular complexity index is 992. The molecule has 30 heavy (non-hydrogen) atoms. The number of carbonyl (C=O) groups excluding carboxylic acids is 1. The van der Waals surface area contributed by atoms with Crippen molar-refractivity contribution in [3.63, 3.8) is 0 Å². The van der Waals surface area contributed by atoms with E-state index in [2.05, 4.69) is 43.2 Å². The number of hydrogen-bond donors (Lipinski definition) is 1. The van der Waals surface area contributed by atoms with Crippen LogP contribution in [0, 0.1) is 11.3 Å². The zero-order chi connectivity index (χ0) is 21.9. The number of nitrogens with one attached hydrogen (secondary N) is 1. The lowest BCUT2D eigenvalue weighted by Crippen LogP contribution is -2.40. The first-order valence-corrected chi connectivity index (χ1v) is 10.3. The van der Waals surface area contributed by atoms with Crippen molar-refractivity contribution in [2.75, 3.05) is 32.1 Å². The molecule has 2 aromatic carbocycles. The van der Waals surface area contributed by atoms with Gasteiger partial charge in [-0.05, 0) is 44.2 Å². The Kier molecular flexibility index (Phi) is 6.33. The van der Waals surface area contributed by atoms with Gasteiger partial charge >= 0.3 is 0 Å². The highest BCUT2D eigenvalue weighted by Crippen LogP contribution is 2.38. The van der Waals surface area contributed by atoms with Gasteiger partial charge in [0.1, 0.15) is 17.6 Å². The van der Waals surface area contributed by atoms with Crippen molar-refractivity contribution in [3.8, 4) is 17.6 Å². The molecule has 6 nitrogen and oxygen atoms in total. The summed E-state index contributed by atoms with van der Waals surface area (Å²) in [6.45, 7) is 10.6. The lowest BCUT2D eigenvalue weighted by molar-refractivity contribution is 0.102. The molecule has 0 bridgehead atoms. The number of hydrogen-bond acceptors (Lipinski definition) is 5. The highest BCUT2D eigenvalue weighted by molar-refractivity contribution is 6.07. The lowest BCUT2D eigenvalue weighted by atomic mass is 9.77. The maximum atomic E-state index is 13.3. The predicted molar refractivity (Wildman–Crippen MR) is 117 cm³/mol. The Balaban J connectivity index is 2.01. The molecule has 1 N–H and O–H groups in total. The molecule has 0 aromatic heterocycles. The van der Waals surface area contributed by atoms with Crippen molar-refractivity contribution >= 4 is 11.6 Å². The first kappa shape index (κ1) is 21.7. The summed E-state index contributed by atoms with van der Waals surface area (Å²) in [6.07, 6.45) is 0. The van der Waals surface area contributed by atoms with Gasteiger partial charge in [-0.3, -0.25) is 4.79 Å². The van der Waals surface area contributed by atoms with Gasteiger partial charge in [0, 0.05) is 30.3 Å². The molecular weight excluding hydrogens is 378 g/mol. The predicted octanol–water partition coefficient (Wildman–Crippen LogP) is 4.33. The molecule has 3 rings (SSSR count). The minimum Gasteiger partial charge on any atom is -0.493 e. The molecule has 1 amide bonds. The molecule has 2 aromatic rings. The van der Waals surface area contributed by atoms with Crippen LogP contribution in [0.4, 0.5) is 5.69 Å². The Labute approximate surface area is 178 Å². The third-order valence-corrected chi connectivity index (χ3v) is 5.23. The molecule has 0 atom stereocenters. The van der Waals surface area contributed by atoms with E-state index in [1.54, 1.807) is 12.1 Å². The Morgan fingerprint density at radius 1 is 1.20 bits per heavy atom. The molecule has 1 heterocycles. The van der Waals surface area contributed by atoms with Gasteiger partial charge in [0.25, 0.3) is 5.91 Å². The molecule has 0 spiro atoms. The maximum Gasteiger partial charge on any atom is 0.259 e. The zero-order valence-corrected chi connectivity index (χ0v) is 18.3. The second kappa shape index (κ2) is 8.76. The number of amides is 1. The van der Waals surface area contributed by atoms with Crippen molar-refractivity contribution in [2.24, 2.45) is 0 Å². The number of nitriles is 1. The molecule has 0 unspecified atom stereocenters. The summed E-state index contributed by atoms with van der Waals surface area (Å²) >= 11 is 0. The number of likely N-dealkylation sites (N-methyl/N-ethyl adjacent to an activating group) is 1. The van der Waals surface area contributed by atoms with Crippen molar-refractivity contribution in [1.29, 1.82) is 5.26 Å². The van der Waals surface area contributed by atoms with Crippen LogP contribution < -0.4 is 14.8 Å². The summed E-state index contributed by atoms with van der Waals surface area (Å²) in [5.74, 6) is 0.517. The summed E-state index contributed by atoms with van der Waals surface area (Å²) in [5.41, 5.74) is 3.68. The van der Waals surface area contributed by atoms with Crippen LogP contribution in [-0.4, -0.2) is 37.6 Å². The number of ether oxygens (including phenoxy) is 2. The summed E-state index contributed by atoms with van der Waals surface area (Å²) in [4.78, 5) is 15.5. The van der Waals surface area contributed by atoms with Crippen LogP contribution in [0.2, 0.25) is 0 Å². The number of benzene rings is 2. The lowest BCUT2D eigenvalue weighted by Gasteiger charge is -2.39. The summed E-state index contributed by atoms with van der Waals surface area (Å²) in [5, 5.41) is 12.6. The van der Waals surface area contributed by atoms with Crippen molar-refractivity contribution in [1.82, 2.24) is 4.90 Å². The normalized spacial score (nSPS) is 15.1. The minimum absolute atomic E-state index is 0.106. The molecule has 1 aliphatic rings. The van der Waals surface area contributed by atoms with E-state index in [1.807, 2.05) is 26.0 Å². The van der Waals surface area contributed by atoms with Gasteiger partial charge in [-0.1, -0.05) is 26.0 Å². The minimum atomic E-state index is -0.305. The number of carbonyl (C=O) groups is 1. The average molecular weight is 408 g/mol. The Morgan fingerprint density at radius 3 is 2.57 bits per heavy atom. The third-order valence-electron chi connectivity index (χ3n) is 5.23.